The molecule has 8 nitrogen and oxygen atoms in total. The van der Waals surface area contributed by atoms with Crippen molar-refractivity contribution in [1.82, 2.24) is 9.97 Å². The number of nitro groups is 1. The van der Waals surface area contributed by atoms with Crippen molar-refractivity contribution in [2.45, 2.75) is 13.8 Å². The number of carbonyl (C=O) groups excluding carboxylic acids is 1. The molecular weight excluding hydrogens is 336 g/mol. The molecule has 0 amide bonds. The number of pyridine rings is 2. The highest BCUT2D eigenvalue weighted by Gasteiger charge is 2.20. The third-order valence-electron chi connectivity index (χ3n) is 3.72. The van der Waals surface area contributed by atoms with Crippen LogP contribution in [-0.4, -0.2) is 27.5 Å². The van der Waals surface area contributed by atoms with Gasteiger partial charge in [-0.1, -0.05) is 12.1 Å². The largest absolute Gasteiger partial charge is 0.462 e. The summed E-state index contributed by atoms with van der Waals surface area (Å²) >= 11 is 0. The van der Waals surface area contributed by atoms with Crippen LogP contribution in [0.4, 0.5) is 17.1 Å². The van der Waals surface area contributed by atoms with Gasteiger partial charge in [0, 0.05) is 23.3 Å². The van der Waals surface area contributed by atoms with Gasteiger partial charge in [-0.3, -0.25) is 10.1 Å². The van der Waals surface area contributed by atoms with Gasteiger partial charge in [-0.25, -0.2) is 14.8 Å². The van der Waals surface area contributed by atoms with Gasteiger partial charge >= 0.3 is 5.97 Å². The number of fused-ring (bicyclic) bond motifs is 1. The number of esters is 1. The molecule has 8 heteroatoms. The molecule has 0 atom stereocenters. The SMILES string of the molecule is CCOC(=O)c1cnc2nc(C)ccc2c1Nc1ccccc1[N+](=O)[O-]. The number of anilines is 2. The maximum atomic E-state index is 12.3. The van der Waals surface area contributed by atoms with Crippen molar-refractivity contribution in [2.75, 3.05) is 11.9 Å². The van der Waals surface area contributed by atoms with E-state index in [1.54, 1.807) is 37.3 Å². The van der Waals surface area contributed by atoms with E-state index >= 15 is 0 Å². The monoisotopic (exact) mass is 352 g/mol. The van der Waals surface area contributed by atoms with Crippen LogP contribution in [0, 0.1) is 17.0 Å². The second kappa shape index (κ2) is 7.14. The van der Waals surface area contributed by atoms with Gasteiger partial charge in [0.1, 0.15) is 11.3 Å². The number of para-hydroxylation sites is 2. The van der Waals surface area contributed by atoms with E-state index in [1.807, 2.05) is 6.92 Å². The van der Waals surface area contributed by atoms with E-state index in [2.05, 4.69) is 15.3 Å². The van der Waals surface area contributed by atoms with Crippen LogP contribution >= 0.6 is 0 Å². The number of hydrogen-bond acceptors (Lipinski definition) is 7. The lowest BCUT2D eigenvalue weighted by Crippen LogP contribution is -2.10. The Morgan fingerprint density at radius 3 is 2.77 bits per heavy atom. The Kier molecular flexibility index (Phi) is 4.74. The summed E-state index contributed by atoms with van der Waals surface area (Å²) in [5, 5.41) is 14.9. The zero-order valence-electron chi connectivity index (χ0n) is 14.2. The summed E-state index contributed by atoms with van der Waals surface area (Å²) in [6.07, 6.45) is 1.36. The lowest BCUT2D eigenvalue weighted by atomic mass is 10.1. The molecule has 0 bridgehead atoms. The number of nitro benzene ring substituents is 1. The van der Waals surface area contributed by atoms with Gasteiger partial charge < -0.3 is 10.1 Å². The highest BCUT2D eigenvalue weighted by molar-refractivity contribution is 6.05. The molecular formula is C18H16N4O4. The molecule has 3 aromatic rings. The minimum Gasteiger partial charge on any atom is -0.462 e. The van der Waals surface area contributed by atoms with E-state index in [1.165, 1.54) is 12.3 Å². The molecule has 0 radical (unpaired) electrons. The fourth-order valence-electron chi connectivity index (χ4n) is 2.54. The predicted molar refractivity (Wildman–Crippen MR) is 96.6 cm³/mol. The minimum atomic E-state index is -0.566. The molecule has 0 saturated heterocycles. The number of aromatic nitrogens is 2. The summed E-state index contributed by atoms with van der Waals surface area (Å²) in [6.45, 7) is 3.73. The van der Waals surface area contributed by atoms with Gasteiger partial charge in [0.05, 0.1) is 17.2 Å². The van der Waals surface area contributed by atoms with Gasteiger partial charge in [-0.2, -0.15) is 0 Å². The maximum absolute atomic E-state index is 12.3. The Balaban J connectivity index is 2.20. The van der Waals surface area contributed by atoms with Crippen LogP contribution in [0.1, 0.15) is 23.0 Å². The lowest BCUT2D eigenvalue weighted by Gasteiger charge is -2.14. The first-order chi connectivity index (χ1) is 12.5. The lowest BCUT2D eigenvalue weighted by molar-refractivity contribution is -0.383. The molecule has 0 aliphatic rings. The van der Waals surface area contributed by atoms with Crippen molar-refractivity contribution in [3.05, 3.63) is 64.0 Å². The summed E-state index contributed by atoms with van der Waals surface area (Å²) in [4.78, 5) is 31.7. The highest BCUT2D eigenvalue weighted by atomic mass is 16.6. The molecule has 3 rings (SSSR count). The number of nitrogens with one attached hydrogen (secondary N) is 1. The second-order valence-corrected chi connectivity index (χ2v) is 5.49. The summed E-state index contributed by atoms with van der Waals surface area (Å²) < 4.78 is 5.08. The molecule has 1 N–H and O–H groups in total. The summed E-state index contributed by atoms with van der Waals surface area (Å²) in [5.41, 5.74) is 1.91. The van der Waals surface area contributed by atoms with Crippen molar-refractivity contribution in [2.24, 2.45) is 0 Å². The normalized spacial score (nSPS) is 10.5. The van der Waals surface area contributed by atoms with Gasteiger partial charge in [0.15, 0.2) is 5.65 Å². The van der Waals surface area contributed by atoms with Crippen LogP contribution in [0.5, 0.6) is 0 Å². The standard InChI is InChI=1S/C18H16N4O4/c1-3-26-18(23)13-10-19-17-12(9-8-11(2)20-17)16(13)21-14-6-4-5-7-15(14)22(24)25/h4-10H,3H2,1-2H3,(H,19,20,21). The number of hydrogen-bond donors (Lipinski definition) is 1. The molecule has 0 fully saturated rings. The Morgan fingerprint density at radius 1 is 1.27 bits per heavy atom. The molecule has 0 unspecified atom stereocenters. The predicted octanol–water partition coefficient (Wildman–Crippen LogP) is 3.77. The Bertz CT molecular complexity index is 1000. The van der Waals surface area contributed by atoms with Crippen LogP contribution < -0.4 is 5.32 Å². The van der Waals surface area contributed by atoms with Crippen molar-refractivity contribution < 1.29 is 14.5 Å². The van der Waals surface area contributed by atoms with Crippen LogP contribution in [-0.2, 0) is 4.74 Å². The third-order valence-corrected chi connectivity index (χ3v) is 3.72. The zero-order valence-corrected chi connectivity index (χ0v) is 14.2. The number of nitrogens with zero attached hydrogens (tertiary/aromatic N) is 3. The number of ether oxygens (including phenoxy) is 1. The fourth-order valence-corrected chi connectivity index (χ4v) is 2.54. The van der Waals surface area contributed by atoms with E-state index in [9.17, 15) is 14.9 Å². The van der Waals surface area contributed by atoms with Crippen molar-refractivity contribution in [1.29, 1.82) is 0 Å². The molecule has 2 aromatic heterocycles. The van der Waals surface area contributed by atoms with Gasteiger partial charge in [0.2, 0.25) is 0 Å². The molecule has 132 valence electrons. The van der Waals surface area contributed by atoms with E-state index in [0.29, 0.717) is 16.7 Å². The Labute approximate surface area is 149 Å². The number of rotatable bonds is 5. The average Bonchev–Trinajstić information content (AvgIpc) is 2.62. The first kappa shape index (κ1) is 17.3. The first-order valence-electron chi connectivity index (χ1n) is 7.95. The molecule has 0 saturated carbocycles. The summed E-state index contributed by atoms with van der Waals surface area (Å²) in [6, 6.07) is 9.75. The van der Waals surface area contributed by atoms with Gasteiger partial charge in [-0.15, -0.1) is 0 Å². The van der Waals surface area contributed by atoms with E-state index in [4.69, 9.17) is 4.74 Å². The number of benzene rings is 1. The third kappa shape index (κ3) is 3.30. The van der Waals surface area contributed by atoms with E-state index in [0.717, 1.165) is 5.69 Å². The topological polar surface area (TPSA) is 107 Å². The second-order valence-electron chi connectivity index (χ2n) is 5.49. The summed E-state index contributed by atoms with van der Waals surface area (Å²) in [7, 11) is 0. The molecule has 0 aliphatic carbocycles. The van der Waals surface area contributed by atoms with Gasteiger partial charge in [-0.05, 0) is 32.0 Å². The molecule has 26 heavy (non-hydrogen) atoms. The van der Waals surface area contributed by atoms with Crippen molar-refractivity contribution >= 4 is 34.1 Å². The zero-order chi connectivity index (χ0) is 18.7. The Morgan fingerprint density at radius 2 is 2.04 bits per heavy atom. The smallest absolute Gasteiger partial charge is 0.341 e. The fraction of sp³-hybridized carbons (Fsp3) is 0.167. The first-order valence-corrected chi connectivity index (χ1v) is 7.95. The number of carbonyl (C=O) groups is 1. The highest BCUT2D eigenvalue weighted by Crippen LogP contribution is 2.33. The van der Waals surface area contributed by atoms with Crippen LogP contribution in [0.2, 0.25) is 0 Å². The van der Waals surface area contributed by atoms with Gasteiger partial charge in [0.25, 0.3) is 5.69 Å². The van der Waals surface area contributed by atoms with Crippen molar-refractivity contribution in [3.8, 4) is 0 Å². The molecule has 0 spiro atoms. The summed E-state index contributed by atoms with van der Waals surface area (Å²) in [5.74, 6) is -0.566. The molecule has 1 aromatic carbocycles. The van der Waals surface area contributed by atoms with Crippen LogP contribution in [0.3, 0.4) is 0 Å². The maximum Gasteiger partial charge on any atom is 0.341 e. The van der Waals surface area contributed by atoms with Crippen LogP contribution in [0.15, 0.2) is 42.6 Å². The minimum absolute atomic E-state index is 0.104. The van der Waals surface area contributed by atoms with E-state index in [-0.39, 0.29) is 23.5 Å². The number of aryl methyl sites for hydroxylation is 1. The molecule has 0 aliphatic heterocycles. The van der Waals surface area contributed by atoms with Crippen LogP contribution in [0.25, 0.3) is 11.0 Å². The average molecular weight is 352 g/mol. The molecule has 2 heterocycles. The van der Waals surface area contributed by atoms with Crippen molar-refractivity contribution in [3.63, 3.8) is 0 Å². The Hall–Kier alpha value is -3.55. The quantitative estimate of drug-likeness (QED) is 0.423. The van der Waals surface area contributed by atoms with E-state index < -0.39 is 10.9 Å².